The average molecular weight is 328 g/mol. The average Bonchev–Trinajstić information content (AvgIpc) is 2.64. The summed E-state index contributed by atoms with van der Waals surface area (Å²) in [6, 6.07) is 12.8. The third-order valence-corrected chi connectivity index (χ3v) is 3.37. The molecule has 2 aromatic carbocycles. The van der Waals surface area contributed by atoms with Crippen LogP contribution in [0.25, 0.3) is 6.08 Å². The molecule has 0 spiro atoms. The number of hydrogen-bond donors (Lipinski definition) is 0. The summed E-state index contributed by atoms with van der Waals surface area (Å²) >= 11 is 0. The van der Waals surface area contributed by atoms with E-state index in [2.05, 4.69) is 0 Å². The van der Waals surface area contributed by atoms with Crippen LogP contribution in [0.5, 0.6) is 17.2 Å². The minimum absolute atomic E-state index is 0.197. The SMILES string of the molecule is COc1ccc(COC(=O)/C=C/c2cccc(OC)c2OC)cc1. The normalized spacial score (nSPS) is 10.5. The van der Waals surface area contributed by atoms with E-state index in [1.165, 1.54) is 6.08 Å². The highest BCUT2D eigenvalue weighted by Gasteiger charge is 2.07. The Bertz CT molecular complexity index is 704. The van der Waals surface area contributed by atoms with Gasteiger partial charge in [0.1, 0.15) is 12.4 Å². The van der Waals surface area contributed by atoms with Gasteiger partial charge in [0.05, 0.1) is 21.3 Å². The molecule has 0 N–H and O–H groups in total. The van der Waals surface area contributed by atoms with Gasteiger partial charge in [0.25, 0.3) is 0 Å². The number of carbonyl (C=O) groups is 1. The van der Waals surface area contributed by atoms with E-state index in [0.29, 0.717) is 11.5 Å². The molecule has 0 bridgehead atoms. The summed E-state index contributed by atoms with van der Waals surface area (Å²) in [5.41, 5.74) is 1.62. The zero-order valence-electron chi connectivity index (χ0n) is 13.9. The summed E-state index contributed by atoms with van der Waals surface area (Å²) in [6.45, 7) is 0.197. The minimum Gasteiger partial charge on any atom is -0.497 e. The van der Waals surface area contributed by atoms with Crippen molar-refractivity contribution in [3.8, 4) is 17.2 Å². The third kappa shape index (κ3) is 4.52. The second kappa shape index (κ2) is 8.62. The van der Waals surface area contributed by atoms with Crippen molar-refractivity contribution in [2.75, 3.05) is 21.3 Å². The van der Waals surface area contributed by atoms with E-state index in [4.69, 9.17) is 18.9 Å². The zero-order valence-corrected chi connectivity index (χ0v) is 13.9. The molecule has 5 heteroatoms. The molecule has 0 radical (unpaired) electrons. The van der Waals surface area contributed by atoms with Gasteiger partial charge in [0, 0.05) is 11.6 Å². The summed E-state index contributed by atoms with van der Waals surface area (Å²) in [7, 11) is 4.72. The molecule has 0 saturated heterocycles. The van der Waals surface area contributed by atoms with Crippen molar-refractivity contribution < 1.29 is 23.7 Å². The van der Waals surface area contributed by atoms with Gasteiger partial charge in [0.15, 0.2) is 11.5 Å². The van der Waals surface area contributed by atoms with Gasteiger partial charge in [-0.05, 0) is 29.8 Å². The van der Waals surface area contributed by atoms with Gasteiger partial charge in [-0.1, -0.05) is 24.3 Å². The van der Waals surface area contributed by atoms with Crippen LogP contribution >= 0.6 is 0 Å². The fraction of sp³-hybridized carbons (Fsp3) is 0.211. The van der Waals surface area contributed by atoms with Gasteiger partial charge in [-0.15, -0.1) is 0 Å². The molecule has 0 aliphatic rings. The van der Waals surface area contributed by atoms with Gasteiger partial charge >= 0.3 is 5.97 Å². The maximum atomic E-state index is 11.9. The lowest BCUT2D eigenvalue weighted by Gasteiger charge is -2.09. The van der Waals surface area contributed by atoms with Gasteiger partial charge in [0.2, 0.25) is 0 Å². The van der Waals surface area contributed by atoms with Crippen LogP contribution < -0.4 is 14.2 Å². The van der Waals surface area contributed by atoms with E-state index < -0.39 is 5.97 Å². The monoisotopic (exact) mass is 328 g/mol. The molecule has 0 saturated carbocycles. The van der Waals surface area contributed by atoms with Crippen LogP contribution in [0.15, 0.2) is 48.5 Å². The van der Waals surface area contributed by atoms with E-state index >= 15 is 0 Å². The summed E-state index contributed by atoms with van der Waals surface area (Å²) in [4.78, 5) is 11.9. The number of ether oxygens (including phenoxy) is 4. The van der Waals surface area contributed by atoms with Gasteiger partial charge in [-0.25, -0.2) is 4.79 Å². The molecule has 0 aliphatic heterocycles. The Morgan fingerprint density at radius 1 is 0.958 bits per heavy atom. The number of benzene rings is 2. The molecule has 24 heavy (non-hydrogen) atoms. The first-order valence-corrected chi connectivity index (χ1v) is 7.36. The molecule has 0 unspecified atom stereocenters. The van der Waals surface area contributed by atoms with E-state index in [0.717, 1.165) is 16.9 Å². The Balaban J connectivity index is 1.97. The van der Waals surface area contributed by atoms with Crippen molar-refractivity contribution in [2.45, 2.75) is 6.61 Å². The standard InChI is InChI=1S/C19H20O5/c1-21-16-10-7-14(8-11-16)13-24-18(20)12-9-15-5-4-6-17(22-2)19(15)23-3/h4-12H,13H2,1-3H3/b12-9+. The Morgan fingerprint density at radius 3 is 2.33 bits per heavy atom. The highest BCUT2D eigenvalue weighted by molar-refractivity contribution is 5.87. The molecule has 2 rings (SSSR count). The molecule has 0 fully saturated rings. The van der Waals surface area contributed by atoms with Crippen LogP contribution in [-0.4, -0.2) is 27.3 Å². The zero-order chi connectivity index (χ0) is 17.4. The second-order valence-electron chi connectivity index (χ2n) is 4.87. The number of methoxy groups -OCH3 is 3. The van der Waals surface area contributed by atoms with Crippen molar-refractivity contribution in [1.82, 2.24) is 0 Å². The Hall–Kier alpha value is -2.95. The number of esters is 1. The van der Waals surface area contributed by atoms with E-state index in [1.807, 2.05) is 36.4 Å². The maximum absolute atomic E-state index is 11.9. The Morgan fingerprint density at radius 2 is 1.71 bits per heavy atom. The van der Waals surface area contributed by atoms with E-state index in [-0.39, 0.29) is 6.61 Å². The Kier molecular flexibility index (Phi) is 6.25. The van der Waals surface area contributed by atoms with Crippen LogP contribution in [0.2, 0.25) is 0 Å². The van der Waals surface area contributed by atoms with Crippen molar-refractivity contribution in [3.05, 3.63) is 59.7 Å². The van der Waals surface area contributed by atoms with Crippen molar-refractivity contribution in [3.63, 3.8) is 0 Å². The number of hydrogen-bond acceptors (Lipinski definition) is 5. The lowest BCUT2D eigenvalue weighted by atomic mass is 10.1. The molecule has 0 heterocycles. The van der Waals surface area contributed by atoms with Crippen LogP contribution in [-0.2, 0) is 16.1 Å². The predicted molar refractivity (Wildman–Crippen MR) is 91.4 cm³/mol. The molecule has 0 aliphatic carbocycles. The van der Waals surface area contributed by atoms with Crippen molar-refractivity contribution in [1.29, 1.82) is 0 Å². The smallest absolute Gasteiger partial charge is 0.331 e. The van der Waals surface area contributed by atoms with Crippen LogP contribution in [0.3, 0.4) is 0 Å². The first kappa shape index (κ1) is 17.4. The molecule has 2 aromatic rings. The number of para-hydroxylation sites is 1. The van der Waals surface area contributed by atoms with Gasteiger partial charge < -0.3 is 18.9 Å². The van der Waals surface area contributed by atoms with Crippen molar-refractivity contribution >= 4 is 12.0 Å². The summed E-state index contributed by atoms with van der Waals surface area (Å²) in [6.07, 6.45) is 3.00. The van der Waals surface area contributed by atoms with Crippen LogP contribution in [0.4, 0.5) is 0 Å². The Labute approximate surface area is 141 Å². The molecular weight excluding hydrogens is 308 g/mol. The molecule has 5 nitrogen and oxygen atoms in total. The largest absolute Gasteiger partial charge is 0.497 e. The third-order valence-electron chi connectivity index (χ3n) is 3.37. The lowest BCUT2D eigenvalue weighted by molar-refractivity contribution is -0.138. The molecule has 0 aromatic heterocycles. The fourth-order valence-electron chi connectivity index (χ4n) is 2.13. The summed E-state index contributed by atoms with van der Waals surface area (Å²) < 4.78 is 20.8. The van der Waals surface area contributed by atoms with Gasteiger partial charge in [-0.3, -0.25) is 0 Å². The highest BCUT2D eigenvalue weighted by Crippen LogP contribution is 2.31. The highest BCUT2D eigenvalue weighted by atomic mass is 16.5. The van der Waals surface area contributed by atoms with Crippen LogP contribution in [0, 0.1) is 0 Å². The summed E-state index contributed by atoms with van der Waals surface area (Å²) in [5.74, 6) is 1.50. The predicted octanol–water partition coefficient (Wildman–Crippen LogP) is 3.47. The van der Waals surface area contributed by atoms with Crippen LogP contribution in [0.1, 0.15) is 11.1 Å². The van der Waals surface area contributed by atoms with Gasteiger partial charge in [-0.2, -0.15) is 0 Å². The first-order chi connectivity index (χ1) is 11.7. The van der Waals surface area contributed by atoms with E-state index in [9.17, 15) is 4.79 Å². The lowest BCUT2D eigenvalue weighted by Crippen LogP contribution is -2.01. The topological polar surface area (TPSA) is 54.0 Å². The number of carbonyl (C=O) groups excluding carboxylic acids is 1. The minimum atomic E-state index is -0.435. The van der Waals surface area contributed by atoms with E-state index in [1.54, 1.807) is 33.5 Å². The number of rotatable bonds is 7. The van der Waals surface area contributed by atoms with Crippen molar-refractivity contribution in [2.24, 2.45) is 0 Å². The maximum Gasteiger partial charge on any atom is 0.331 e. The summed E-state index contributed by atoms with van der Waals surface area (Å²) in [5, 5.41) is 0. The fourth-order valence-corrected chi connectivity index (χ4v) is 2.13. The molecule has 126 valence electrons. The quantitative estimate of drug-likeness (QED) is 0.575. The molecule has 0 atom stereocenters. The molecule has 0 amide bonds. The molecular formula is C19H20O5. The first-order valence-electron chi connectivity index (χ1n) is 7.36. The second-order valence-corrected chi connectivity index (χ2v) is 4.87.